The summed E-state index contributed by atoms with van der Waals surface area (Å²) < 4.78 is 39.9. The van der Waals surface area contributed by atoms with E-state index in [-0.39, 0.29) is 6.10 Å². The smallest absolute Gasteiger partial charge is 0.289 e. The van der Waals surface area contributed by atoms with Gasteiger partial charge in [-0.3, -0.25) is 14.9 Å². The number of benzene rings is 3. The quantitative estimate of drug-likeness (QED) is 0.168. The van der Waals surface area contributed by atoms with Gasteiger partial charge >= 0.3 is 0 Å². The number of sulfonamides is 1. The van der Waals surface area contributed by atoms with E-state index < -0.39 is 37.5 Å². The van der Waals surface area contributed by atoms with Crippen LogP contribution in [0.5, 0.6) is 11.5 Å². The Kier molecular flexibility index (Phi) is 8.57. The lowest BCUT2D eigenvalue weighted by Gasteiger charge is -2.22. The molecule has 0 spiro atoms. The predicted octanol–water partition coefficient (Wildman–Crippen LogP) is 4.57. The standard InChI is InChI=1S/C28H29N5O7S/c1-4-39-24-16-19(9-12-23(24)40-17(2)3)26(31-20-10-11-21-18(15-20)13-14-30-27(21)29)28(34)32-41(37,38)25-8-6-5-7-22(25)33(35)36/h5-17,26,31H,4H2,1-3H3,(H2,29,30)(H,32,34). The lowest BCUT2D eigenvalue weighted by atomic mass is 10.0. The summed E-state index contributed by atoms with van der Waals surface area (Å²) in [6.07, 6.45) is 1.40. The Bertz CT molecular complexity index is 1710. The largest absolute Gasteiger partial charge is 0.490 e. The van der Waals surface area contributed by atoms with Gasteiger partial charge in [-0.05, 0) is 74.2 Å². The number of rotatable bonds is 11. The van der Waals surface area contributed by atoms with Crippen LogP contribution in [0.4, 0.5) is 17.2 Å². The summed E-state index contributed by atoms with van der Waals surface area (Å²) in [4.78, 5) is 27.7. The Hall–Kier alpha value is -4.91. The molecule has 1 aromatic heterocycles. The number of nitro groups is 1. The van der Waals surface area contributed by atoms with E-state index in [9.17, 15) is 23.3 Å². The fourth-order valence-electron chi connectivity index (χ4n) is 4.16. The molecule has 3 aromatic carbocycles. The zero-order valence-corrected chi connectivity index (χ0v) is 23.3. The lowest BCUT2D eigenvalue weighted by Crippen LogP contribution is -2.37. The third kappa shape index (κ3) is 6.64. The number of nitro benzene ring substituents is 1. The van der Waals surface area contributed by atoms with Gasteiger partial charge in [0.15, 0.2) is 16.4 Å². The second kappa shape index (κ2) is 12.1. The van der Waals surface area contributed by atoms with Gasteiger partial charge in [-0.1, -0.05) is 18.2 Å². The van der Waals surface area contributed by atoms with E-state index in [1.54, 1.807) is 55.6 Å². The number of amides is 1. The first-order valence-electron chi connectivity index (χ1n) is 12.6. The molecule has 214 valence electrons. The highest BCUT2D eigenvalue weighted by atomic mass is 32.2. The number of nitrogens with two attached hydrogens (primary N) is 1. The van der Waals surface area contributed by atoms with Gasteiger partial charge in [-0.15, -0.1) is 0 Å². The minimum atomic E-state index is -4.63. The van der Waals surface area contributed by atoms with Crippen molar-refractivity contribution in [3.63, 3.8) is 0 Å². The number of nitrogen functional groups attached to an aromatic ring is 1. The number of anilines is 2. The van der Waals surface area contributed by atoms with Crippen LogP contribution in [-0.4, -0.2) is 36.9 Å². The molecule has 4 rings (SSSR count). The first kappa shape index (κ1) is 29.1. The number of carbonyl (C=O) groups excluding carboxylic acids is 1. The summed E-state index contributed by atoms with van der Waals surface area (Å²) in [5.74, 6) is 0.168. The van der Waals surface area contributed by atoms with E-state index in [1.807, 2.05) is 18.6 Å². The molecule has 0 aliphatic heterocycles. The third-order valence-corrected chi connectivity index (χ3v) is 7.31. The average Bonchev–Trinajstić information content (AvgIpc) is 2.92. The molecule has 0 aliphatic rings. The van der Waals surface area contributed by atoms with Crippen LogP contribution in [0.25, 0.3) is 10.8 Å². The second-order valence-electron chi connectivity index (χ2n) is 9.21. The van der Waals surface area contributed by atoms with Crippen LogP contribution in [-0.2, 0) is 14.8 Å². The van der Waals surface area contributed by atoms with Crippen molar-refractivity contribution in [2.45, 2.75) is 37.8 Å². The fraction of sp³-hybridized carbons (Fsp3) is 0.214. The maximum Gasteiger partial charge on any atom is 0.289 e. The van der Waals surface area contributed by atoms with Crippen LogP contribution in [0.1, 0.15) is 32.4 Å². The highest BCUT2D eigenvalue weighted by Gasteiger charge is 2.31. The van der Waals surface area contributed by atoms with Crippen LogP contribution in [0.15, 0.2) is 77.8 Å². The van der Waals surface area contributed by atoms with Crippen molar-refractivity contribution in [2.75, 3.05) is 17.7 Å². The molecular formula is C28H29N5O7S. The molecule has 13 heteroatoms. The molecule has 1 atom stereocenters. The summed E-state index contributed by atoms with van der Waals surface area (Å²) in [5, 5.41) is 16.0. The van der Waals surface area contributed by atoms with E-state index in [4.69, 9.17) is 15.2 Å². The number of aromatic nitrogens is 1. The minimum absolute atomic E-state index is 0.149. The molecule has 4 N–H and O–H groups in total. The van der Waals surface area contributed by atoms with E-state index >= 15 is 0 Å². The number of hydrogen-bond acceptors (Lipinski definition) is 10. The number of nitrogens with one attached hydrogen (secondary N) is 2. The maximum absolute atomic E-state index is 13.6. The summed E-state index contributed by atoms with van der Waals surface area (Å²) in [7, 11) is -4.63. The fourth-order valence-corrected chi connectivity index (χ4v) is 5.33. The molecule has 0 saturated carbocycles. The Morgan fingerprint density at radius 1 is 1.07 bits per heavy atom. The summed E-state index contributed by atoms with van der Waals surface area (Å²) >= 11 is 0. The minimum Gasteiger partial charge on any atom is -0.490 e. The van der Waals surface area contributed by atoms with Crippen LogP contribution in [0.3, 0.4) is 0 Å². The first-order chi connectivity index (χ1) is 19.5. The number of fused-ring (bicyclic) bond motifs is 1. The van der Waals surface area contributed by atoms with Crippen molar-refractivity contribution < 1.29 is 27.6 Å². The van der Waals surface area contributed by atoms with Crippen molar-refractivity contribution in [3.8, 4) is 11.5 Å². The Morgan fingerprint density at radius 3 is 2.54 bits per heavy atom. The zero-order chi connectivity index (χ0) is 29.7. The van der Waals surface area contributed by atoms with Gasteiger partial charge in [0, 0.05) is 23.3 Å². The highest BCUT2D eigenvalue weighted by Crippen LogP contribution is 2.34. The van der Waals surface area contributed by atoms with E-state index in [0.717, 1.165) is 17.5 Å². The topological polar surface area (TPSA) is 176 Å². The molecule has 12 nitrogen and oxygen atoms in total. The molecule has 0 fully saturated rings. The SMILES string of the molecule is CCOc1cc(C(Nc2ccc3c(N)nccc3c2)C(=O)NS(=O)(=O)c2ccccc2[N+](=O)[O-])ccc1OC(C)C. The molecule has 0 saturated heterocycles. The number of para-hydroxylation sites is 1. The van der Waals surface area contributed by atoms with Gasteiger partial charge < -0.3 is 20.5 Å². The van der Waals surface area contributed by atoms with Crippen molar-refractivity contribution in [2.24, 2.45) is 0 Å². The van der Waals surface area contributed by atoms with Crippen LogP contribution in [0, 0.1) is 10.1 Å². The number of carbonyl (C=O) groups is 1. The maximum atomic E-state index is 13.6. The number of ether oxygens (including phenoxy) is 2. The Morgan fingerprint density at radius 2 is 1.83 bits per heavy atom. The summed E-state index contributed by atoms with van der Waals surface area (Å²) in [6, 6.07) is 15.2. The third-order valence-electron chi connectivity index (χ3n) is 5.92. The number of pyridine rings is 1. The van der Waals surface area contributed by atoms with E-state index in [1.165, 1.54) is 12.1 Å². The van der Waals surface area contributed by atoms with E-state index in [2.05, 4.69) is 10.3 Å². The predicted molar refractivity (Wildman–Crippen MR) is 154 cm³/mol. The molecule has 1 amide bonds. The zero-order valence-electron chi connectivity index (χ0n) is 22.5. The van der Waals surface area contributed by atoms with Crippen LogP contribution in [0.2, 0.25) is 0 Å². The van der Waals surface area contributed by atoms with Crippen molar-refractivity contribution >= 4 is 43.9 Å². The van der Waals surface area contributed by atoms with Gasteiger partial charge in [0.05, 0.1) is 17.6 Å². The molecule has 4 aromatic rings. The molecule has 0 aliphatic carbocycles. The van der Waals surface area contributed by atoms with Crippen LogP contribution >= 0.6 is 0 Å². The second-order valence-corrected chi connectivity index (χ2v) is 10.9. The van der Waals surface area contributed by atoms with Gasteiger partial charge in [-0.25, -0.2) is 18.1 Å². The lowest BCUT2D eigenvalue weighted by molar-refractivity contribution is -0.387. The Labute approximate surface area is 236 Å². The molecule has 1 unspecified atom stereocenters. The van der Waals surface area contributed by atoms with Crippen molar-refractivity contribution in [1.82, 2.24) is 9.71 Å². The summed E-state index contributed by atoms with van der Waals surface area (Å²) in [6.45, 7) is 5.83. The number of hydrogen-bond donors (Lipinski definition) is 3. The average molecular weight is 580 g/mol. The molecule has 0 bridgehead atoms. The van der Waals surface area contributed by atoms with E-state index in [0.29, 0.717) is 40.6 Å². The summed E-state index contributed by atoms with van der Waals surface area (Å²) in [5.41, 5.74) is 6.14. The molecule has 1 heterocycles. The monoisotopic (exact) mass is 579 g/mol. The van der Waals surface area contributed by atoms with Gasteiger partial charge in [0.1, 0.15) is 11.9 Å². The molecule has 0 radical (unpaired) electrons. The van der Waals surface area contributed by atoms with Crippen LogP contribution < -0.4 is 25.2 Å². The van der Waals surface area contributed by atoms with Crippen molar-refractivity contribution in [3.05, 3.63) is 88.6 Å². The van der Waals surface area contributed by atoms with Gasteiger partial charge in [0.2, 0.25) is 0 Å². The first-order valence-corrected chi connectivity index (χ1v) is 14.1. The van der Waals surface area contributed by atoms with Gasteiger partial charge in [-0.2, -0.15) is 0 Å². The van der Waals surface area contributed by atoms with Gasteiger partial charge in [0.25, 0.3) is 21.6 Å². The molecule has 41 heavy (non-hydrogen) atoms. The highest BCUT2D eigenvalue weighted by molar-refractivity contribution is 7.90. The van der Waals surface area contributed by atoms with Crippen molar-refractivity contribution in [1.29, 1.82) is 0 Å². The number of nitrogens with zero attached hydrogens (tertiary/aromatic N) is 2. The molecular weight excluding hydrogens is 550 g/mol. The Balaban J connectivity index is 1.77. The normalized spacial score (nSPS) is 12.1.